The summed E-state index contributed by atoms with van der Waals surface area (Å²) < 4.78 is 7.66. The summed E-state index contributed by atoms with van der Waals surface area (Å²) in [5.74, 6) is 1.56. The number of carbonyl (C=O) groups is 1. The van der Waals surface area contributed by atoms with Crippen LogP contribution in [0.2, 0.25) is 0 Å². The lowest BCUT2D eigenvalue weighted by atomic mass is 9.89. The van der Waals surface area contributed by atoms with Crippen LogP contribution in [0.25, 0.3) is 11.0 Å². The minimum atomic E-state index is -0.141. The summed E-state index contributed by atoms with van der Waals surface area (Å²) in [5, 5.41) is 0. The average Bonchev–Trinajstić information content (AvgIpc) is 2.87. The molecule has 0 saturated heterocycles. The smallest absolute Gasteiger partial charge is 0.326 e. The Morgan fingerprint density at radius 1 is 1.27 bits per heavy atom. The first-order valence-electron chi connectivity index (χ1n) is 8.31. The van der Waals surface area contributed by atoms with Crippen LogP contribution in [0, 0.1) is 5.92 Å². The number of imidazole rings is 1. The van der Waals surface area contributed by atoms with Crippen molar-refractivity contribution in [3.63, 3.8) is 0 Å². The summed E-state index contributed by atoms with van der Waals surface area (Å²) in [5.41, 5.74) is 1.95. The lowest BCUT2D eigenvalue weighted by molar-refractivity contribution is -0.151. The van der Waals surface area contributed by atoms with E-state index in [1.807, 2.05) is 28.8 Å². The largest absolute Gasteiger partial charge is 0.461 e. The van der Waals surface area contributed by atoms with Gasteiger partial charge in [-0.05, 0) is 43.7 Å². The van der Waals surface area contributed by atoms with Crippen molar-refractivity contribution in [2.24, 2.45) is 5.92 Å². The molecule has 118 valence electrons. The van der Waals surface area contributed by atoms with Crippen molar-refractivity contribution in [1.29, 1.82) is 0 Å². The Morgan fingerprint density at radius 2 is 2.00 bits per heavy atom. The molecule has 1 aromatic heterocycles. The Kier molecular flexibility index (Phi) is 4.46. The topological polar surface area (TPSA) is 44.1 Å². The first-order valence-corrected chi connectivity index (χ1v) is 8.31. The molecule has 0 unspecified atom stereocenters. The third-order valence-electron chi connectivity index (χ3n) is 4.60. The zero-order valence-electron chi connectivity index (χ0n) is 13.4. The van der Waals surface area contributed by atoms with Crippen molar-refractivity contribution in [2.45, 2.75) is 58.6 Å². The van der Waals surface area contributed by atoms with E-state index in [2.05, 4.69) is 18.8 Å². The third-order valence-corrected chi connectivity index (χ3v) is 4.60. The van der Waals surface area contributed by atoms with E-state index in [4.69, 9.17) is 4.74 Å². The van der Waals surface area contributed by atoms with Crippen molar-refractivity contribution in [1.82, 2.24) is 9.55 Å². The summed E-state index contributed by atoms with van der Waals surface area (Å²) in [6.45, 7) is 4.59. The molecule has 0 atom stereocenters. The SMILES string of the molecule is CCc1nc2ccccc2n1CC(=O)OC1CCC(C)CC1. The summed E-state index contributed by atoms with van der Waals surface area (Å²) in [4.78, 5) is 16.9. The number of fused-ring (bicyclic) bond motifs is 1. The van der Waals surface area contributed by atoms with Gasteiger partial charge in [0.2, 0.25) is 0 Å². The van der Waals surface area contributed by atoms with Crippen LogP contribution in [0.5, 0.6) is 0 Å². The minimum Gasteiger partial charge on any atom is -0.461 e. The molecule has 22 heavy (non-hydrogen) atoms. The van der Waals surface area contributed by atoms with Gasteiger partial charge < -0.3 is 9.30 Å². The number of rotatable bonds is 4. The second-order valence-corrected chi connectivity index (χ2v) is 6.33. The minimum absolute atomic E-state index is 0.101. The predicted octanol–water partition coefficient (Wildman–Crippen LogP) is 3.72. The van der Waals surface area contributed by atoms with E-state index in [1.54, 1.807) is 0 Å². The average molecular weight is 300 g/mol. The number of para-hydroxylation sites is 2. The number of ether oxygens (including phenoxy) is 1. The van der Waals surface area contributed by atoms with Crippen LogP contribution in [-0.4, -0.2) is 21.6 Å². The van der Waals surface area contributed by atoms with Crippen molar-refractivity contribution in [3.8, 4) is 0 Å². The highest BCUT2D eigenvalue weighted by atomic mass is 16.5. The fraction of sp³-hybridized carbons (Fsp3) is 0.556. The summed E-state index contributed by atoms with van der Waals surface area (Å²) in [6.07, 6.45) is 5.22. The van der Waals surface area contributed by atoms with Gasteiger partial charge >= 0.3 is 5.97 Å². The molecule has 4 nitrogen and oxygen atoms in total. The van der Waals surface area contributed by atoms with Crippen LogP contribution < -0.4 is 0 Å². The molecule has 1 saturated carbocycles. The van der Waals surface area contributed by atoms with Crippen LogP contribution in [0.1, 0.15) is 45.4 Å². The number of aromatic nitrogens is 2. The molecule has 1 heterocycles. The van der Waals surface area contributed by atoms with Crippen LogP contribution in [-0.2, 0) is 22.5 Å². The van der Waals surface area contributed by atoms with E-state index in [-0.39, 0.29) is 18.6 Å². The predicted molar refractivity (Wildman–Crippen MR) is 86.6 cm³/mol. The van der Waals surface area contributed by atoms with Gasteiger partial charge in [0.25, 0.3) is 0 Å². The molecule has 1 aliphatic rings. The van der Waals surface area contributed by atoms with Gasteiger partial charge in [0, 0.05) is 6.42 Å². The number of nitrogens with zero attached hydrogens (tertiary/aromatic N) is 2. The molecular formula is C18H24N2O2. The van der Waals surface area contributed by atoms with Gasteiger partial charge in [-0.25, -0.2) is 4.98 Å². The van der Waals surface area contributed by atoms with Crippen molar-refractivity contribution < 1.29 is 9.53 Å². The molecule has 3 rings (SSSR count). The Balaban J connectivity index is 1.71. The van der Waals surface area contributed by atoms with E-state index in [0.29, 0.717) is 0 Å². The van der Waals surface area contributed by atoms with Crippen LogP contribution in [0.3, 0.4) is 0 Å². The number of aryl methyl sites for hydroxylation is 1. The molecule has 0 bridgehead atoms. The number of esters is 1. The highest BCUT2D eigenvalue weighted by Crippen LogP contribution is 2.26. The molecule has 0 amide bonds. The maximum absolute atomic E-state index is 12.3. The molecule has 0 aliphatic heterocycles. The van der Waals surface area contributed by atoms with Crippen molar-refractivity contribution >= 4 is 17.0 Å². The van der Waals surface area contributed by atoms with Crippen LogP contribution in [0.15, 0.2) is 24.3 Å². The molecule has 2 aromatic rings. The van der Waals surface area contributed by atoms with Crippen molar-refractivity contribution in [2.75, 3.05) is 0 Å². The lowest BCUT2D eigenvalue weighted by Crippen LogP contribution is -2.26. The van der Waals surface area contributed by atoms with Gasteiger partial charge in [-0.15, -0.1) is 0 Å². The normalized spacial score (nSPS) is 21.9. The Bertz CT molecular complexity index is 654. The second-order valence-electron chi connectivity index (χ2n) is 6.33. The Morgan fingerprint density at radius 3 is 2.73 bits per heavy atom. The lowest BCUT2D eigenvalue weighted by Gasteiger charge is -2.26. The molecule has 4 heteroatoms. The summed E-state index contributed by atoms with van der Waals surface area (Å²) in [7, 11) is 0. The molecule has 1 fully saturated rings. The standard InChI is InChI=1S/C18H24N2O2/c1-3-17-19-15-6-4-5-7-16(15)20(17)12-18(21)22-14-10-8-13(2)9-11-14/h4-7,13-14H,3,8-12H2,1-2H3. The first-order chi connectivity index (χ1) is 10.7. The Hall–Kier alpha value is -1.84. The van der Waals surface area contributed by atoms with E-state index in [9.17, 15) is 4.79 Å². The van der Waals surface area contributed by atoms with E-state index in [1.165, 1.54) is 0 Å². The van der Waals surface area contributed by atoms with E-state index < -0.39 is 0 Å². The zero-order chi connectivity index (χ0) is 15.5. The number of benzene rings is 1. The second kappa shape index (κ2) is 6.51. The van der Waals surface area contributed by atoms with Gasteiger partial charge in [-0.2, -0.15) is 0 Å². The first kappa shape index (κ1) is 15.1. The Labute approximate surface area is 131 Å². The van der Waals surface area contributed by atoms with Gasteiger partial charge in [-0.1, -0.05) is 26.0 Å². The molecule has 0 N–H and O–H groups in total. The fourth-order valence-corrected chi connectivity index (χ4v) is 3.27. The monoisotopic (exact) mass is 300 g/mol. The van der Waals surface area contributed by atoms with Gasteiger partial charge in [0.1, 0.15) is 18.5 Å². The van der Waals surface area contributed by atoms with Crippen LogP contribution >= 0.6 is 0 Å². The molecule has 1 aliphatic carbocycles. The number of carbonyl (C=O) groups excluding carboxylic acids is 1. The highest BCUT2D eigenvalue weighted by molar-refractivity contribution is 5.79. The summed E-state index contributed by atoms with van der Waals surface area (Å²) in [6, 6.07) is 7.95. The van der Waals surface area contributed by atoms with Gasteiger partial charge in [0.05, 0.1) is 11.0 Å². The maximum Gasteiger partial charge on any atom is 0.326 e. The zero-order valence-corrected chi connectivity index (χ0v) is 13.4. The number of hydrogen-bond acceptors (Lipinski definition) is 3. The highest BCUT2D eigenvalue weighted by Gasteiger charge is 2.22. The van der Waals surface area contributed by atoms with Gasteiger partial charge in [0.15, 0.2) is 0 Å². The molecule has 1 aromatic carbocycles. The van der Waals surface area contributed by atoms with Crippen LogP contribution in [0.4, 0.5) is 0 Å². The molecular weight excluding hydrogens is 276 g/mol. The quantitative estimate of drug-likeness (QED) is 0.808. The number of hydrogen-bond donors (Lipinski definition) is 0. The molecule has 0 spiro atoms. The third kappa shape index (κ3) is 3.16. The van der Waals surface area contributed by atoms with Crippen molar-refractivity contribution in [3.05, 3.63) is 30.1 Å². The molecule has 0 radical (unpaired) electrons. The maximum atomic E-state index is 12.3. The summed E-state index contributed by atoms with van der Waals surface area (Å²) >= 11 is 0. The van der Waals surface area contributed by atoms with Gasteiger partial charge in [-0.3, -0.25) is 4.79 Å². The fourth-order valence-electron chi connectivity index (χ4n) is 3.27. The van der Waals surface area contributed by atoms with E-state index >= 15 is 0 Å². The van der Waals surface area contributed by atoms with E-state index in [0.717, 1.165) is 54.9 Å².